The van der Waals surface area contributed by atoms with E-state index in [0.717, 1.165) is 47.7 Å². The van der Waals surface area contributed by atoms with Crippen LogP contribution in [0, 0.1) is 11.3 Å². The lowest BCUT2D eigenvalue weighted by atomic mass is 10.1. The maximum atomic E-state index is 12.8. The van der Waals surface area contributed by atoms with Gasteiger partial charge >= 0.3 is 0 Å². The fourth-order valence-electron chi connectivity index (χ4n) is 4.20. The van der Waals surface area contributed by atoms with E-state index in [9.17, 15) is 4.79 Å². The van der Waals surface area contributed by atoms with Crippen LogP contribution in [-0.4, -0.2) is 46.7 Å². The van der Waals surface area contributed by atoms with E-state index in [1.807, 2.05) is 29.2 Å². The molecule has 2 fully saturated rings. The van der Waals surface area contributed by atoms with E-state index < -0.39 is 0 Å². The zero-order valence-corrected chi connectivity index (χ0v) is 18.5. The first-order valence-electron chi connectivity index (χ1n) is 9.89. The summed E-state index contributed by atoms with van der Waals surface area (Å²) >= 11 is 5.39. The first-order valence-corrected chi connectivity index (χ1v) is 11.8. The third kappa shape index (κ3) is 4.59. The second-order valence-corrected chi connectivity index (χ2v) is 9.46. The van der Waals surface area contributed by atoms with Crippen molar-refractivity contribution in [1.82, 2.24) is 9.88 Å². The van der Waals surface area contributed by atoms with Crippen LogP contribution in [0.25, 0.3) is 0 Å². The van der Waals surface area contributed by atoms with Crippen LogP contribution in [0.4, 0.5) is 5.82 Å². The van der Waals surface area contributed by atoms with Gasteiger partial charge in [-0.05, 0) is 36.6 Å². The molecule has 3 heterocycles. The quantitative estimate of drug-likeness (QED) is 0.591. The molecule has 4 rings (SSSR count). The smallest absolute Gasteiger partial charge is 0.223 e. The Morgan fingerprint density at radius 1 is 1.21 bits per heavy atom. The summed E-state index contributed by atoms with van der Waals surface area (Å²) in [6.45, 7) is 1.54. The molecule has 0 saturated carbocycles. The SMILES string of the molecule is N#Cc1ccc(N2C3CCC2CN(C(=O)CCSCc2ccccc2Br)C3)nc1. The highest BCUT2D eigenvalue weighted by atomic mass is 79.9. The van der Waals surface area contributed by atoms with Crippen molar-refractivity contribution < 1.29 is 4.79 Å². The number of hydrogen-bond donors (Lipinski definition) is 0. The van der Waals surface area contributed by atoms with Crippen LogP contribution in [0.2, 0.25) is 0 Å². The molecule has 0 N–H and O–H groups in total. The van der Waals surface area contributed by atoms with E-state index in [4.69, 9.17) is 5.26 Å². The number of anilines is 1. The lowest BCUT2D eigenvalue weighted by Gasteiger charge is -2.41. The van der Waals surface area contributed by atoms with E-state index in [0.29, 0.717) is 24.1 Å². The van der Waals surface area contributed by atoms with Crippen LogP contribution in [0.15, 0.2) is 47.1 Å². The van der Waals surface area contributed by atoms with Gasteiger partial charge in [-0.3, -0.25) is 4.79 Å². The number of pyridine rings is 1. The van der Waals surface area contributed by atoms with Gasteiger partial charge in [-0.15, -0.1) is 0 Å². The van der Waals surface area contributed by atoms with Crippen LogP contribution < -0.4 is 4.90 Å². The lowest BCUT2D eigenvalue weighted by Crippen LogP contribution is -2.55. The molecule has 2 unspecified atom stereocenters. The average molecular weight is 471 g/mol. The minimum atomic E-state index is 0.258. The summed E-state index contributed by atoms with van der Waals surface area (Å²) in [6, 6.07) is 14.8. The van der Waals surface area contributed by atoms with Gasteiger partial charge in [-0.25, -0.2) is 4.98 Å². The van der Waals surface area contributed by atoms with Gasteiger partial charge in [0.2, 0.25) is 5.91 Å². The topological polar surface area (TPSA) is 60.2 Å². The highest BCUT2D eigenvalue weighted by Crippen LogP contribution is 2.34. The number of likely N-dealkylation sites (tertiary alicyclic amines) is 1. The highest BCUT2D eigenvalue weighted by molar-refractivity contribution is 9.10. The van der Waals surface area contributed by atoms with Crippen molar-refractivity contribution in [2.45, 2.75) is 37.1 Å². The molecule has 2 saturated heterocycles. The first-order chi connectivity index (χ1) is 14.2. The molecule has 0 aliphatic carbocycles. The number of carbonyl (C=O) groups is 1. The summed E-state index contributed by atoms with van der Waals surface area (Å²) in [6.07, 6.45) is 4.40. The number of nitriles is 1. The van der Waals surface area contributed by atoms with E-state index in [1.54, 1.807) is 18.0 Å². The Bertz CT molecular complexity index is 900. The fraction of sp³-hybridized carbons (Fsp3) is 0.409. The average Bonchev–Trinajstić information content (AvgIpc) is 3.01. The number of nitrogens with zero attached hydrogens (tertiary/aromatic N) is 4. The number of hydrogen-bond acceptors (Lipinski definition) is 5. The van der Waals surface area contributed by atoms with Gasteiger partial charge in [0, 0.05) is 53.8 Å². The molecule has 29 heavy (non-hydrogen) atoms. The molecule has 0 radical (unpaired) electrons. The summed E-state index contributed by atoms with van der Waals surface area (Å²) in [5.74, 6) is 2.94. The van der Waals surface area contributed by atoms with Crippen LogP contribution in [-0.2, 0) is 10.5 Å². The molecule has 7 heteroatoms. The molecular formula is C22H23BrN4OS. The van der Waals surface area contributed by atoms with Crippen molar-refractivity contribution in [3.8, 4) is 6.07 Å². The van der Waals surface area contributed by atoms with Crippen molar-refractivity contribution in [2.24, 2.45) is 0 Å². The lowest BCUT2D eigenvalue weighted by molar-refractivity contribution is -0.131. The summed E-state index contributed by atoms with van der Waals surface area (Å²) in [5, 5.41) is 8.97. The molecule has 5 nitrogen and oxygen atoms in total. The van der Waals surface area contributed by atoms with Crippen LogP contribution in [0.1, 0.15) is 30.4 Å². The third-order valence-electron chi connectivity index (χ3n) is 5.65. The molecule has 0 spiro atoms. The Balaban J connectivity index is 1.28. The van der Waals surface area contributed by atoms with Gasteiger partial charge in [0.05, 0.1) is 5.56 Å². The Hall–Kier alpha value is -2.04. The highest BCUT2D eigenvalue weighted by Gasteiger charge is 2.41. The second kappa shape index (κ2) is 9.19. The van der Waals surface area contributed by atoms with E-state index in [1.165, 1.54) is 5.56 Å². The first kappa shape index (κ1) is 20.2. The number of benzene rings is 1. The number of carbonyl (C=O) groups excluding carboxylic acids is 1. The fourth-order valence-corrected chi connectivity index (χ4v) is 5.75. The number of halogens is 1. The Kier molecular flexibility index (Phi) is 6.41. The summed E-state index contributed by atoms with van der Waals surface area (Å²) < 4.78 is 1.13. The van der Waals surface area contributed by atoms with Crippen LogP contribution in [0.5, 0.6) is 0 Å². The molecule has 2 atom stereocenters. The molecule has 1 amide bonds. The summed E-state index contributed by atoms with van der Waals surface area (Å²) in [4.78, 5) is 21.6. The predicted molar refractivity (Wildman–Crippen MR) is 120 cm³/mol. The summed E-state index contributed by atoms with van der Waals surface area (Å²) in [7, 11) is 0. The van der Waals surface area contributed by atoms with E-state index >= 15 is 0 Å². The molecule has 150 valence electrons. The standard InChI is InChI=1S/C22H23BrN4OS/c23-20-4-2-1-3-17(20)15-29-10-9-22(28)26-13-18-6-7-19(14-26)27(18)21-8-5-16(11-24)12-25-21/h1-5,8,12,18-19H,6-7,9-10,13-15H2. The minimum Gasteiger partial charge on any atom is -0.347 e. The number of rotatable bonds is 6. The van der Waals surface area contributed by atoms with Crippen molar-refractivity contribution >= 4 is 39.4 Å². The maximum absolute atomic E-state index is 12.8. The zero-order valence-electron chi connectivity index (χ0n) is 16.1. The number of aromatic nitrogens is 1. The largest absolute Gasteiger partial charge is 0.347 e. The van der Waals surface area contributed by atoms with Gasteiger partial charge < -0.3 is 9.80 Å². The van der Waals surface area contributed by atoms with Gasteiger partial charge in [-0.1, -0.05) is 34.1 Å². The van der Waals surface area contributed by atoms with Crippen LogP contribution in [0.3, 0.4) is 0 Å². The summed E-state index contributed by atoms with van der Waals surface area (Å²) in [5.41, 5.74) is 1.85. The molecule has 1 aromatic heterocycles. The Labute approximate surface area is 184 Å². The Morgan fingerprint density at radius 2 is 1.97 bits per heavy atom. The molecule has 2 aromatic rings. The molecule has 2 bridgehead atoms. The minimum absolute atomic E-state index is 0.258. The van der Waals surface area contributed by atoms with E-state index in [2.05, 4.69) is 44.0 Å². The molecular weight excluding hydrogens is 448 g/mol. The number of piperazine rings is 1. The van der Waals surface area contributed by atoms with Gasteiger partial charge in [0.15, 0.2) is 0 Å². The van der Waals surface area contributed by atoms with Gasteiger partial charge in [0.25, 0.3) is 0 Å². The zero-order chi connectivity index (χ0) is 20.2. The molecule has 2 aliphatic rings. The van der Waals surface area contributed by atoms with Crippen molar-refractivity contribution in [3.05, 3.63) is 58.2 Å². The van der Waals surface area contributed by atoms with Gasteiger partial charge in [0.1, 0.15) is 11.9 Å². The molecule has 1 aromatic carbocycles. The predicted octanol–water partition coefficient (Wildman–Crippen LogP) is 4.22. The molecule has 2 aliphatic heterocycles. The second-order valence-electron chi connectivity index (χ2n) is 7.50. The van der Waals surface area contributed by atoms with Crippen molar-refractivity contribution in [2.75, 3.05) is 23.7 Å². The normalized spacial score (nSPS) is 20.6. The number of amides is 1. The van der Waals surface area contributed by atoms with Crippen LogP contribution >= 0.6 is 27.7 Å². The van der Waals surface area contributed by atoms with Gasteiger partial charge in [-0.2, -0.15) is 17.0 Å². The maximum Gasteiger partial charge on any atom is 0.223 e. The monoisotopic (exact) mass is 470 g/mol. The number of fused-ring (bicyclic) bond motifs is 2. The van der Waals surface area contributed by atoms with E-state index in [-0.39, 0.29) is 5.91 Å². The Morgan fingerprint density at radius 3 is 2.62 bits per heavy atom. The van der Waals surface area contributed by atoms with Crippen molar-refractivity contribution in [3.63, 3.8) is 0 Å². The number of thioether (sulfide) groups is 1. The van der Waals surface area contributed by atoms with Crippen molar-refractivity contribution in [1.29, 1.82) is 5.26 Å². The third-order valence-corrected chi connectivity index (χ3v) is 7.43.